The van der Waals surface area contributed by atoms with E-state index in [2.05, 4.69) is 125 Å². The summed E-state index contributed by atoms with van der Waals surface area (Å²) >= 11 is 0. The van der Waals surface area contributed by atoms with Crippen molar-refractivity contribution in [3.05, 3.63) is 119 Å². The van der Waals surface area contributed by atoms with E-state index in [4.69, 9.17) is 0 Å². The molecule has 0 aromatic heterocycles. The first-order valence-electron chi connectivity index (χ1n) is 10.2. The SMILES string of the molecule is Cc1ccccc1[P+](c1ccccc1C)(c1ccccc1C)c1ccccc1C.[Cl-]. The van der Waals surface area contributed by atoms with Gasteiger partial charge >= 0.3 is 0 Å². The molecule has 0 aliphatic carbocycles. The maximum absolute atomic E-state index is 2.36. The van der Waals surface area contributed by atoms with Crippen molar-refractivity contribution < 1.29 is 12.4 Å². The summed E-state index contributed by atoms with van der Waals surface area (Å²) in [6.45, 7) is 9.05. The first-order valence-corrected chi connectivity index (χ1v) is 12.0. The van der Waals surface area contributed by atoms with Gasteiger partial charge in [0.15, 0.2) is 0 Å². The number of rotatable bonds is 4. The Hall–Kier alpha value is -2.40. The van der Waals surface area contributed by atoms with Crippen molar-refractivity contribution in [3.8, 4) is 0 Å². The fourth-order valence-electron chi connectivity index (χ4n) is 4.54. The van der Waals surface area contributed by atoms with Gasteiger partial charge in [-0.2, -0.15) is 0 Å². The largest absolute Gasteiger partial charge is 1.00 e. The number of hydrogen-bond acceptors (Lipinski definition) is 0. The predicted octanol–water partition coefficient (Wildman–Crippen LogP) is 2.54. The maximum Gasteiger partial charge on any atom is 0.145 e. The molecular formula is C28H28ClP. The van der Waals surface area contributed by atoms with Crippen LogP contribution in [0.1, 0.15) is 22.3 Å². The summed E-state index contributed by atoms with van der Waals surface area (Å²) in [4.78, 5) is 0. The molecule has 30 heavy (non-hydrogen) atoms. The third-order valence-corrected chi connectivity index (χ3v) is 10.8. The van der Waals surface area contributed by atoms with Crippen LogP contribution in [-0.4, -0.2) is 0 Å². The Balaban J connectivity index is 0.00000256. The number of halogens is 1. The van der Waals surface area contributed by atoms with Gasteiger partial charge in [0.05, 0.1) is 0 Å². The highest BCUT2D eigenvalue weighted by molar-refractivity contribution is 8.01. The topological polar surface area (TPSA) is 0 Å². The van der Waals surface area contributed by atoms with E-state index >= 15 is 0 Å². The van der Waals surface area contributed by atoms with Gasteiger partial charge in [0, 0.05) is 0 Å². The third-order valence-electron chi connectivity index (χ3n) is 5.91. The number of benzene rings is 4. The Kier molecular flexibility index (Phi) is 6.81. The second-order valence-corrected chi connectivity index (χ2v) is 11.1. The van der Waals surface area contributed by atoms with Crippen molar-refractivity contribution in [1.29, 1.82) is 0 Å². The summed E-state index contributed by atoms with van der Waals surface area (Å²) in [5.74, 6) is 0. The van der Waals surface area contributed by atoms with E-state index in [1.807, 2.05) is 0 Å². The van der Waals surface area contributed by atoms with Crippen LogP contribution in [0.15, 0.2) is 97.1 Å². The maximum atomic E-state index is 2.36. The number of aryl methyl sites for hydroxylation is 4. The Morgan fingerprint density at radius 3 is 0.767 bits per heavy atom. The molecule has 152 valence electrons. The second kappa shape index (κ2) is 9.17. The highest BCUT2D eigenvalue weighted by Gasteiger charge is 2.51. The molecule has 0 nitrogen and oxygen atoms in total. The van der Waals surface area contributed by atoms with Crippen LogP contribution in [0.2, 0.25) is 0 Å². The van der Waals surface area contributed by atoms with E-state index in [0.29, 0.717) is 0 Å². The van der Waals surface area contributed by atoms with Crippen LogP contribution in [0.4, 0.5) is 0 Å². The van der Waals surface area contributed by atoms with Gasteiger partial charge in [0.2, 0.25) is 0 Å². The third kappa shape index (κ3) is 3.60. The van der Waals surface area contributed by atoms with E-state index in [1.165, 1.54) is 43.5 Å². The molecule has 0 unspecified atom stereocenters. The Labute approximate surface area is 187 Å². The average Bonchev–Trinajstić information content (AvgIpc) is 2.73. The fraction of sp³-hybridized carbons (Fsp3) is 0.143. The number of hydrogen-bond donors (Lipinski definition) is 0. The molecular weight excluding hydrogens is 403 g/mol. The Morgan fingerprint density at radius 2 is 0.567 bits per heavy atom. The smallest absolute Gasteiger partial charge is 0.145 e. The van der Waals surface area contributed by atoms with E-state index in [-0.39, 0.29) is 12.4 Å². The molecule has 4 aromatic carbocycles. The lowest BCUT2D eigenvalue weighted by molar-refractivity contribution is -0.00000587. The van der Waals surface area contributed by atoms with E-state index < -0.39 is 7.26 Å². The standard InChI is InChI=1S/C28H28P.ClH/c1-21-13-5-9-17-25(21)29(26-18-10-6-14-22(26)2,27-19-11-7-15-23(27)3)28-20-12-8-16-24(28)4;/h5-20H,1-4H3;1H/q+1;/p-1. The first-order chi connectivity index (χ1) is 14.1. The quantitative estimate of drug-likeness (QED) is 0.436. The van der Waals surface area contributed by atoms with Gasteiger partial charge in [-0.05, 0) is 74.2 Å². The van der Waals surface area contributed by atoms with Gasteiger partial charge in [0.25, 0.3) is 0 Å². The molecule has 0 fully saturated rings. The zero-order chi connectivity index (χ0) is 20.4. The molecule has 0 saturated carbocycles. The molecule has 0 amide bonds. The van der Waals surface area contributed by atoms with Crippen molar-refractivity contribution in [2.45, 2.75) is 27.7 Å². The molecule has 0 bridgehead atoms. The van der Waals surface area contributed by atoms with Gasteiger partial charge in [-0.3, -0.25) is 0 Å². The summed E-state index contributed by atoms with van der Waals surface area (Å²) in [6, 6.07) is 35.9. The second-order valence-electron chi connectivity index (χ2n) is 7.82. The minimum Gasteiger partial charge on any atom is -1.00 e. The Morgan fingerprint density at radius 1 is 0.367 bits per heavy atom. The van der Waals surface area contributed by atoms with E-state index in [9.17, 15) is 0 Å². The van der Waals surface area contributed by atoms with Crippen LogP contribution >= 0.6 is 7.26 Å². The lowest BCUT2D eigenvalue weighted by Crippen LogP contribution is -3.00. The average molecular weight is 431 g/mol. The molecule has 0 aliphatic rings. The Bertz CT molecular complexity index is 975. The lowest BCUT2D eigenvalue weighted by atomic mass is 10.2. The summed E-state index contributed by atoms with van der Waals surface area (Å²) < 4.78 is 0. The first kappa shape index (κ1) is 22.3. The van der Waals surface area contributed by atoms with Gasteiger partial charge in [0.1, 0.15) is 28.5 Å². The van der Waals surface area contributed by atoms with E-state index in [1.54, 1.807) is 0 Å². The summed E-state index contributed by atoms with van der Waals surface area (Å²) in [5.41, 5.74) is 5.43. The van der Waals surface area contributed by atoms with Crippen LogP contribution in [0.25, 0.3) is 0 Å². The predicted molar refractivity (Wildman–Crippen MR) is 130 cm³/mol. The zero-order valence-electron chi connectivity index (χ0n) is 18.1. The summed E-state index contributed by atoms with van der Waals surface area (Å²) in [7, 11) is -2.06. The lowest BCUT2D eigenvalue weighted by Gasteiger charge is -2.31. The molecule has 4 rings (SSSR count). The summed E-state index contributed by atoms with van der Waals surface area (Å²) in [6.07, 6.45) is 0. The molecule has 0 N–H and O–H groups in total. The van der Waals surface area contributed by atoms with Crippen LogP contribution in [0.5, 0.6) is 0 Å². The molecule has 0 spiro atoms. The molecule has 0 aliphatic heterocycles. The normalized spacial score (nSPS) is 11.1. The minimum absolute atomic E-state index is 0. The van der Waals surface area contributed by atoms with Gasteiger partial charge in [-0.15, -0.1) is 0 Å². The van der Waals surface area contributed by atoms with Gasteiger partial charge in [-0.25, -0.2) is 0 Å². The van der Waals surface area contributed by atoms with Crippen molar-refractivity contribution in [1.82, 2.24) is 0 Å². The highest BCUT2D eigenvalue weighted by atomic mass is 35.5. The molecule has 0 heterocycles. The van der Waals surface area contributed by atoms with Gasteiger partial charge in [-0.1, -0.05) is 72.8 Å². The monoisotopic (exact) mass is 430 g/mol. The van der Waals surface area contributed by atoms with Crippen molar-refractivity contribution in [2.24, 2.45) is 0 Å². The minimum atomic E-state index is -2.06. The summed E-state index contributed by atoms with van der Waals surface area (Å²) in [5, 5.41) is 5.83. The van der Waals surface area contributed by atoms with Crippen LogP contribution in [0, 0.1) is 27.7 Å². The fourth-order valence-corrected chi connectivity index (χ4v) is 9.75. The molecule has 0 atom stereocenters. The molecule has 0 radical (unpaired) electrons. The highest BCUT2D eigenvalue weighted by Crippen LogP contribution is 2.56. The van der Waals surface area contributed by atoms with Crippen LogP contribution in [-0.2, 0) is 0 Å². The van der Waals surface area contributed by atoms with Crippen LogP contribution in [0.3, 0.4) is 0 Å². The zero-order valence-corrected chi connectivity index (χ0v) is 19.7. The molecule has 2 heteroatoms. The van der Waals surface area contributed by atoms with Gasteiger partial charge < -0.3 is 12.4 Å². The molecule has 0 saturated heterocycles. The van der Waals surface area contributed by atoms with Crippen LogP contribution < -0.4 is 33.6 Å². The molecule has 4 aromatic rings. The van der Waals surface area contributed by atoms with E-state index in [0.717, 1.165) is 0 Å². The van der Waals surface area contributed by atoms with Crippen molar-refractivity contribution in [3.63, 3.8) is 0 Å². The van der Waals surface area contributed by atoms with Crippen molar-refractivity contribution in [2.75, 3.05) is 0 Å². The van der Waals surface area contributed by atoms with Crippen molar-refractivity contribution >= 4 is 28.5 Å².